The summed E-state index contributed by atoms with van der Waals surface area (Å²) in [5.74, 6) is -1.43. The molecule has 25 heavy (non-hydrogen) atoms. The van der Waals surface area contributed by atoms with E-state index in [0.29, 0.717) is 16.6 Å². The van der Waals surface area contributed by atoms with Gasteiger partial charge in [-0.15, -0.1) is 0 Å². The van der Waals surface area contributed by atoms with Gasteiger partial charge in [0.15, 0.2) is 11.9 Å². The van der Waals surface area contributed by atoms with Crippen LogP contribution in [0.5, 0.6) is 0 Å². The van der Waals surface area contributed by atoms with Crippen molar-refractivity contribution in [3.8, 4) is 0 Å². The molecule has 1 aromatic carbocycles. The van der Waals surface area contributed by atoms with Crippen LogP contribution in [-0.2, 0) is 25.5 Å². The number of nitrogens with one attached hydrogen (secondary N) is 1. The lowest BCUT2D eigenvalue weighted by atomic mass is 10.00. The maximum Gasteiger partial charge on any atom is 0.252 e. The first-order valence-electron chi connectivity index (χ1n) is 8.23. The molecule has 0 radical (unpaired) electrons. The Labute approximate surface area is 155 Å². The Morgan fingerprint density at radius 1 is 1.32 bits per heavy atom. The van der Waals surface area contributed by atoms with Crippen LogP contribution in [0, 0.1) is 0 Å². The van der Waals surface area contributed by atoms with E-state index in [9.17, 15) is 9.59 Å². The molecule has 0 aliphatic carbocycles. The minimum Gasteiger partial charge on any atom is -0.341 e. The summed E-state index contributed by atoms with van der Waals surface area (Å²) in [6, 6.07) is 2.70. The summed E-state index contributed by atoms with van der Waals surface area (Å²) >= 11 is 12.4. The van der Waals surface area contributed by atoms with Gasteiger partial charge in [-0.2, -0.15) is 0 Å². The highest BCUT2D eigenvalue weighted by Crippen LogP contribution is 2.39. The van der Waals surface area contributed by atoms with Crippen molar-refractivity contribution in [2.24, 2.45) is 0 Å². The Balaban J connectivity index is 1.65. The predicted molar refractivity (Wildman–Crippen MR) is 92.9 cm³/mol. The molecule has 3 atom stereocenters. The summed E-state index contributed by atoms with van der Waals surface area (Å²) in [7, 11) is 0. The fourth-order valence-electron chi connectivity index (χ4n) is 3.76. The number of benzene rings is 1. The van der Waals surface area contributed by atoms with Gasteiger partial charge in [0.2, 0.25) is 0 Å². The van der Waals surface area contributed by atoms with Crippen LogP contribution in [0.15, 0.2) is 12.1 Å². The van der Waals surface area contributed by atoms with Gasteiger partial charge in [-0.25, -0.2) is 0 Å². The molecule has 2 fully saturated rings. The predicted octanol–water partition coefficient (Wildman–Crippen LogP) is 2.29. The second-order valence-electron chi connectivity index (χ2n) is 6.96. The number of halogens is 2. The molecule has 0 unspecified atom stereocenters. The quantitative estimate of drug-likeness (QED) is 0.806. The molecule has 3 heterocycles. The number of anilines is 1. The molecular formula is C17H18Cl2N2O4. The summed E-state index contributed by atoms with van der Waals surface area (Å²) in [4.78, 5) is 27.0. The van der Waals surface area contributed by atoms with Gasteiger partial charge >= 0.3 is 0 Å². The van der Waals surface area contributed by atoms with Gasteiger partial charge in [0.05, 0.1) is 10.0 Å². The van der Waals surface area contributed by atoms with Gasteiger partial charge in [-0.05, 0) is 44.4 Å². The lowest BCUT2D eigenvalue weighted by Crippen LogP contribution is -2.51. The van der Waals surface area contributed by atoms with E-state index in [0.717, 1.165) is 24.1 Å². The Morgan fingerprint density at radius 3 is 2.84 bits per heavy atom. The lowest BCUT2D eigenvalue weighted by Gasteiger charge is -2.33. The Bertz CT molecular complexity index is 767. The Morgan fingerprint density at radius 2 is 2.08 bits per heavy atom. The first-order chi connectivity index (χ1) is 11.8. The second-order valence-corrected chi connectivity index (χ2v) is 7.74. The highest BCUT2D eigenvalue weighted by Gasteiger charge is 2.57. The number of ether oxygens (including phenoxy) is 2. The monoisotopic (exact) mass is 384 g/mol. The summed E-state index contributed by atoms with van der Waals surface area (Å²) in [5, 5.41) is 3.66. The minimum absolute atomic E-state index is 0.221. The van der Waals surface area contributed by atoms with Crippen molar-refractivity contribution < 1.29 is 19.1 Å². The maximum atomic E-state index is 13.2. The molecule has 3 aliphatic heterocycles. The first-order valence-corrected chi connectivity index (χ1v) is 8.98. The van der Waals surface area contributed by atoms with Crippen LogP contribution in [0.25, 0.3) is 0 Å². The van der Waals surface area contributed by atoms with E-state index in [2.05, 4.69) is 5.32 Å². The molecule has 6 nitrogen and oxygen atoms in total. The minimum atomic E-state index is -0.887. The van der Waals surface area contributed by atoms with Crippen LogP contribution in [0.1, 0.15) is 25.8 Å². The van der Waals surface area contributed by atoms with E-state index in [1.807, 2.05) is 0 Å². The number of hydrogen-bond donors (Lipinski definition) is 1. The normalized spacial score (nSPS) is 30.0. The fraction of sp³-hybridized carbons (Fsp3) is 0.529. The molecule has 1 N–H and O–H groups in total. The molecule has 4 rings (SSSR count). The van der Waals surface area contributed by atoms with Crippen molar-refractivity contribution in [2.75, 3.05) is 11.4 Å². The zero-order valence-corrected chi connectivity index (χ0v) is 15.4. The van der Waals surface area contributed by atoms with Gasteiger partial charge in [0, 0.05) is 12.2 Å². The van der Waals surface area contributed by atoms with Crippen LogP contribution >= 0.6 is 23.2 Å². The van der Waals surface area contributed by atoms with Crippen LogP contribution < -0.4 is 10.2 Å². The highest BCUT2D eigenvalue weighted by molar-refractivity contribution is 6.42. The van der Waals surface area contributed by atoms with Crippen molar-refractivity contribution in [3.05, 3.63) is 27.7 Å². The second kappa shape index (κ2) is 5.84. The van der Waals surface area contributed by atoms with Gasteiger partial charge in [-0.3, -0.25) is 9.59 Å². The molecular weight excluding hydrogens is 367 g/mol. The summed E-state index contributed by atoms with van der Waals surface area (Å²) < 4.78 is 11.4. The SMILES string of the molecule is CC1(C)O[C@H]2[C@@H](C(=O)N3CCCc4c3ccc(Cl)c4Cl)NC(=O)[C@H]2O1. The highest BCUT2D eigenvalue weighted by atomic mass is 35.5. The number of hydrogen-bond acceptors (Lipinski definition) is 4. The van der Waals surface area contributed by atoms with Gasteiger partial charge in [0.1, 0.15) is 12.1 Å². The third kappa shape index (κ3) is 2.72. The smallest absolute Gasteiger partial charge is 0.252 e. The van der Waals surface area contributed by atoms with Crippen molar-refractivity contribution in [1.29, 1.82) is 0 Å². The van der Waals surface area contributed by atoms with Crippen LogP contribution in [0.4, 0.5) is 5.69 Å². The third-order valence-electron chi connectivity index (χ3n) is 4.82. The van der Waals surface area contributed by atoms with E-state index in [-0.39, 0.29) is 11.8 Å². The molecule has 2 amide bonds. The lowest BCUT2D eigenvalue weighted by molar-refractivity contribution is -0.164. The fourth-order valence-corrected chi connectivity index (χ4v) is 4.19. The van der Waals surface area contributed by atoms with E-state index in [1.165, 1.54) is 0 Å². The molecule has 2 saturated heterocycles. The van der Waals surface area contributed by atoms with Crippen molar-refractivity contribution in [3.63, 3.8) is 0 Å². The molecule has 3 aliphatic rings. The standard InChI is InChI=1S/C17H18Cl2N2O4/c1-17(2)24-13-12(20-15(22)14(13)25-17)16(23)21-7-3-4-8-10(21)6-5-9(18)11(8)19/h5-6,12-14H,3-4,7H2,1-2H3,(H,20,22)/t12-,13-,14-/m0/s1. The summed E-state index contributed by atoms with van der Waals surface area (Å²) in [5.41, 5.74) is 1.60. The molecule has 0 bridgehead atoms. The zero-order valence-electron chi connectivity index (χ0n) is 13.8. The van der Waals surface area contributed by atoms with Crippen molar-refractivity contribution in [1.82, 2.24) is 5.32 Å². The Kier molecular flexibility index (Phi) is 3.99. The van der Waals surface area contributed by atoms with Crippen molar-refractivity contribution >= 4 is 40.7 Å². The van der Waals surface area contributed by atoms with Crippen LogP contribution in [0.3, 0.4) is 0 Å². The average molecular weight is 385 g/mol. The Hall–Kier alpha value is -1.34. The number of amides is 2. The number of fused-ring (bicyclic) bond motifs is 2. The maximum absolute atomic E-state index is 13.2. The van der Waals surface area contributed by atoms with Gasteiger partial charge in [-0.1, -0.05) is 23.2 Å². The number of carbonyl (C=O) groups excluding carboxylic acids is 2. The number of carbonyl (C=O) groups is 2. The molecule has 8 heteroatoms. The van der Waals surface area contributed by atoms with Crippen LogP contribution in [0.2, 0.25) is 10.0 Å². The third-order valence-corrected chi connectivity index (χ3v) is 5.66. The summed E-state index contributed by atoms with van der Waals surface area (Å²) in [6.45, 7) is 4.02. The van der Waals surface area contributed by atoms with Crippen molar-refractivity contribution in [2.45, 2.75) is 50.7 Å². The number of nitrogens with zero attached hydrogens (tertiary/aromatic N) is 1. The summed E-state index contributed by atoms with van der Waals surface area (Å²) in [6.07, 6.45) is 0.134. The average Bonchev–Trinajstić information content (AvgIpc) is 3.04. The van der Waals surface area contributed by atoms with E-state index >= 15 is 0 Å². The van der Waals surface area contributed by atoms with E-state index in [1.54, 1.807) is 30.9 Å². The molecule has 0 aromatic heterocycles. The molecule has 0 spiro atoms. The van der Waals surface area contributed by atoms with Crippen LogP contribution in [-0.4, -0.2) is 42.4 Å². The largest absolute Gasteiger partial charge is 0.341 e. The molecule has 134 valence electrons. The first kappa shape index (κ1) is 17.1. The molecule has 1 aromatic rings. The molecule has 0 saturated carbocycles. The zero-order chi connectivity index (χ0) is 17.9. The van der Waals surface area contributed by atoms with E-state index in [4.69, 9.17) is 32.7 Å². The van der Waals surface area contributed by atoms with Gasteiger partial charge in [0.25, 0.3) is 11.8 Å². The number of rotatable bonds is 1. The van der Waals surface area contributed by atoms with E-state index < -0.39 is 24.0 Å². The topological polar surface area (TPSA) is 67.9 Å². The van der Waals surface area contributed by atoms with Gasteiger partial charge < -0.3 is 19.7 Å².